The van der Waals surface area contributed by atoms with Crippen LogP contribution in [0.2, 0.25) is 0 Å². The summed E-state index contributed by atoms with van der Waals surface area (Å²) in [6.45, 7) is 3.45. The van der Waals surface area contributed by atoms with Crippen molar-refractivity contribution in [2.45, 2.75) is 24.9 Å². The third kappa shape index (κ3) is 2.62. The number of nitro groups is 1. The molecule has 2 unspecified atom stereocenters. The number of aliphatic hydroxyl groups is 1. The molecule has 0 bridgehead atoms. The van der Waals surface area contributed by atoms with Gasteiger partial charge in [-0.1, -0.05) is 13.8 Å². The van der Waals surface area contributed by atoms with Crippen LogP contribution in [-0.2, 0) is 0 Å². The largest absolute Gasteiger partial charge is 0.385 e. The highest BCUT2D eigenvalue weighted by atomic mass is 79.9. The second kappa shape index (κ2) is 3.88. The molecule has 0 heterocycles. The summed E-state index contributed by atoms with van der Waals surface area (Å²) in [6.07, 6.45) is -0.921. The van der Waals surface area contributed by atoms with Gasteiger partial charge in [-0.25, -0.2) is 0 Å². The third-order valence-electron chi connectivity index (χ3n) is 1.17. The van der Waals surface area contributed by atoms with Crippen molar-refractivity contribution in [2.24, 2.45) is 5.92 Å². The number of alkyl halides is 1. The van der Waals surface area contributed by atoms with Crippen molar-refractivity contribution >= 4 is 15.9 Å². The van der Waals surface area contributed by atoms with Crippen LogP contribution in [0.4, 0.5) is 0 Å². The standard InChI is InChI=1S/C5H10BrNO3/c1-3(2)4(8)5(6)7(9)10/h3-5,8H,1-2H3. The van der Waals surface area contributed by atoms with Crippen LogP contribution >= 0.6 is 15.9 Å². The van der Waals surface area contributed by atoms with Crippen molar-refractivity contribution in [3.8, 4) is 0 Å². The Kier molecular flexibility index (Phi) is 3.81. The van der Waals surface area contributed by atoms with E-state index >= 15 is 0 Å². The van der Waals surface area contributed by atoms with Gasteiger partial charge in [0.05, 0.1) is 0 Å². The zero-order chi connectivity index (χ0) is 8.31. The molecule has 0 amide bonds. The van der Waals surface area contributed by atoms with Crippen molar-refractivity contribution in [2.75, 3.05) is 0 Å². The number of aliphatic hydroxyl groups excluding tert-OH is 1. The van der Waals surface area contributed by atoms with Gasteiger partial charge in [0, 0.05) is 4.92 Å². The quantitative estimate of drug-likeness (QED) is 0.328. The molecule has 2 atom stereocenters. The zero-order valence-electron chi connectivity index (χ0n) is 5.82. The van der Waals surface area contributed by atoms with Gasteiger partial charge in [-0.15, -0.1) is 0 Å². The molecular weight excluding hydrogens is 202 g/mol. The molecule has 60 valence electrons. The van der Waals surface area contributed by atoms with Crippen molar-refractivity contribution in [1.29, 1.82) is 0 Å². The van der Waals surface area contributed by atoms with Gasteiger partial charge in [-0.05, 0) is 21.8 Å². The molecule has 0 rings (SSSR count). The molecule has 1 N–H and O–H groups in total. The van der Waals surface area contributed by atoms with E-state index in [0.29, 0.717) is 0 Å². The van der Waals surface area contributed by atoms with Crippen molar-refractivity contribution in [3.63, 3.8) is 0 Å². The van der Waals surface area contributed by atoms with E-state index in [0.717, 1.165) is 0 Å². The number of halogens is 1. The van der Waals surface area contributed by atoms with Gasteiger partial charge in [-0.3, -0.25) is 10.1 Å². The Morgan fingerprint density at radius 1 is 1.60 bits per heavy atom. The summed E-state index contributed by atoms with van der Waals surface area (Å²) in [7, 11) is 0. The second-order valence-corrected chi connectivity index (χ2v) is 3.33. The highest BCUT2D eigenvalue weighted by molar-refractivity contribution is 9.09. The number of nitrogens with zero attached hydrogens (tertiary/aromatic N) is 1. The summed E-state index contributed by atoms with van der Waals surface area (Å²) >= 11 is 2.76. The molecule has 0 saturated heterocycles. The van der Waals surface area contributed by atoms with Gasteiger partial charge in [-0.2, -0.15) is 0 Å². The molecule has 10 heavy (non-hydrogen) atoms. The predicted molar refractivity (Wildman–Crippen MR) is 40.6 cm³/mol. The highest BCUT2D eigenvalue weighted by Gasteiger charge is 2.28. The van der Waals surface area contributed by atoms with E-state index in [1.807, 2.05) is 0 Å². The first-order chi connectivity index (χ1) is 4.46. The minimum atomic E-state index is -1.05. The van der Waals surface area contributed by atoms with Gasteiger partial charge in [0.25, 0.3) is 4.95 Å². The maximum absolute atomic E-state index is 10.0. The average molecular weight is 212 g/mol. The summed E-state index contributed by atoms with van der Waals surface area (Å²) in [5.74, 6) is -0.102. The van der Waals surface area contributed by atoms with Crippen LogP contribution in [0.15, 0.2) is 0 Å². The molecule has 5 heteroatoms. The first-order valence-corrected chi connectivity index (χ1v) is 3.84. The molecule has 0 aliphatic heterocycles. The summed E-state index contributed by atoms with van der Waals surface area (Å²) in [4.78, 5) is 8.44. The van der Waals surface area contributed by atoms with Gasteiger partial charge >= 0.3 is 0 Å². The molecular formula is C5H10BrNO3. The summed E-state index contributed by atoms with van der Waals surface area (Å²) in [5.41, 5.74) is 0. The van der Waals surface area contributed by atoms with Crippen molar-refractivity contribution < 1.29 is 10.0 Å². The predicted octanol–water partition coefficient (Wildman–Crippen LogP) is 1.00. The van der Waals surface area contributed by atoms with Crippen molar-refractivity contribution in [1.82, 2.24) is 0 Å². The monoisotopic (exact) mass is 211 g/mol. The van der Waals surface area contributed by atoms with E-state index in [2.05, 4.69) is 15.9 Å². The minimum absolute atomic E-state index is 0.102. The number of hydrogen-bond donors (Lipinski definition) is 1. The lowest BCUT2D eigenvalue weighted by Gasteiger charge is -2.13. The molecule has 0 aliphatic rings. The SMILES string of the molecule is CC(C)C(O)C(Br)[N+](=O)[O-]. The topological polar surface area (TPSA) is 63.4 Å². The van der Waals surface area contributed by atoms with Crippen LogP contribution in [-0.4, -0.2) is 21.1 Å². The Morgan fingerprint density at radius 3 is 2.10 bits per heavy atom. The molecule has 0 aromatic heterocycles. The van der Waals surface area contributed by atoms with E-state index in [1.54, 1.807) is 13.8 Å². The fourth-order valence-corrected chi connectivity index (χ4v) is 1.05. The fourth-order valence-electron chi connectivity index (χ4n) is 0.442. The summed E-state index contributed by atoms with van der Waals surface area (Å²) in [5, 5.41) is 19.1. The van der Waals surface area contributed by atoms with Crippen LogP contribution in [0.25, 0.3) is 0 Å². The maximum atomic E-state index is 10.0. The molecule has 0 aliphatic carbocycles. The smallest absolute Gasteiger partial charge is 0.291 e. The van der Waals surface area contributed by atoms with Crippen LogP contribution in [0, 0.1) is 16.0 Å². The van der Waals surface area contributed by atoms with Gasteiger partial charge in [0.15, 0.2) is 0 Å². The maximum Gasteiger partial charge on any atom is 0.291 e. The molecule has 0 aromatic rings. The van der Waals surface area contributed by atoms with Crippen LogP contribution in [0.3, 0.4) is 0 Å². The van der Waals surface area contributed by atoms with Crippen molar-refractivity contribution in [3.05, 3.63) is 10.1 Å². The Bertz CT molecular complexity index is 128. The van der Waals surface area contributed by atoms with Crippen LogP contribution in [0.1, 0.15) is 13.8 Å². The fraction of sp³-hybridized carbons (Fsp3) is 1.00. The number of rotatable bonds is 3. The van der Waals surface area contributed by atoms with E-state index in [-0.39, 0.29) is 5.92 Å². The first kappa shape index (κ1) is 9.84. The Hall–Kier alpha value is -0.160. The zero-order valence-corrected chi connectivity index (χ0v) is 7.41. The van der Waals surface area contributed by atoms with E-state index in [1.165, 1.54) is 0 Å². The van der Waals surface area contributed by atoms with Gasteiger partial charge < -0.3 is 5.11 Å². The first-order valence-electron chi connectivity index (χ1n) is 2.92. The van der Waals surface area contributed by atoms with Crippen LogP contribution < -0.4 is 0 Å². The lowest BCUT2D eigenvalue weighted by Crippen LogP contribution is -2.32. The van der Waals surface area contributed by atoms with Crippen LogP contribution in [0.5, 0.6) is 0 Å². The second-order valence-electron chi connectivity index (χ2n) is 2.39. The molecule has 0 spiro atoms. The van der Waals surface area contributed by atoms with Gasteiger partial charge in [0.2, 0.25) is 0 Å². The lowest BCUT2D eigenvalue weighted by atomic mass is 10.1. The molecule has 0 saturated carbocycles. The Balaban J connectivity index is 3.94. The average Bonchev–Trinajstić information content (AvgIpc) is 1.84. The third-order valence-corrected chi connectivity index (χ3v) is 2.04. The highest BCUT2D eigenvalue weighted by Crippen LogP contribution is 2.13. The molecule has 0 radical (unpaired) electrons. The van der Waals surface area contributed by atoms with Gasteiger partial charge in [0.1, 0.15) is 6.10 Å². The normalized spacial score (nSPS) is 16.9. The number of hydrogen-bond acceptors (Lipinski definition) is 3. The Morgan fingerprint density at radius 2 is 2.00 bits per heavy atom. The molecule has 0 aromatic carbocycles. The van der Waals surface area contributed by atoms with E-state index < -0.39 is 16.0 Å². The molecule has 0 fully saturated rings. The summed E-state index contributed by atoms with van der Waals surface area (Å²) in [6, 6.07) is 0. The van der Waals surface area contributed by atoms with E-state index in [4.69, 9.17) is 5.11 Å². The Labute approximate surface area is 67.5 Å². The lowest BCUT2D eigenvalue weighted by molar-refractivity contribution is -0.505. The van der Waals surface area contributed by atoms with E-state index in [9.17, 15) is 10.1 Å². The molecule has 4 nitrogen and oxygen atoms in total. The minimum Gasteiger partial charge on any atom is -0.385 e. The summed E-state index contributed by atoms with van der Waals surface area (Å²) < 4.78 is 0.